The van der Waals surface area contributed by atoms with E-state index in [1.807, 2.05) is 6.92 Å². The van der Waals surface area contributed by atoms with Crippen LogP contribution in [-0.4, -0.2) is 28.2 Å². The van der Waals surface area contributed by atoms with Crippen molar-refractivity contribution in [3.63, 3.8) is 0 Å². The van der Waals surface area contributed by atoms with Crippen LogP contribution in [0, 0.1) is 5.82 Å². The van der Waals surface area contributed by atoms with E-state index < -0.39 is 29.3 Å². The van der Waals surface area contributed by atoms with Gasteiger partial charge >= 0.3 is 0 Å². The fourth-order valence-corrected chi connectivity index (χ4v) is 4.11. The highest BCUT2D eigenvalue weighted by molar-refractivity contribution is 6.31. The molecular formula is C24H21ClFNO4. The molecule has 0 bridgehead atoms. The number of carbonyl (C=O) groups is 2. The van der Waals surface area contributed by atoms with E-state index in [1.54, 1.807) is 24.3 Å². The van der Waals surface area contributed by atoms with Crippen LogP contribution in [0.3, 0.4) is 0 Å². The maximum absolute atomic E-state index is 14.7. The monoisotopic (exact) mass is 441 g/mol. The predicted molar refractivity (Wildman–Crippen MR) is 116 cm³/mol. The Kier molecular flexibility index (Phi) is 5.83. The number of rotatable bonds is 7. The molecule has 0 spiro atoms. The van der Waals surface area contributed by atoms with Crippen molar-refractivity contribution < 1.29 is 23.5 Å². The summed E-state index contributed by atoms with van der Waals surface area (Å²) < 4.78 is 20.4. The zero-order valence-electron chi connectivity index (χ0n) is 16.9. The third-order valence-corrected chi connectivity index (χ3v) is 5.69. The zero-order chi connectivity index (χ0) is 22.1. The number of unbranched alkanes of at least 4 members (excludes halogenated alkanes) is 2. The normalized spacial score (nSPS) is 16.5. The minimum atomic E-state index is -1.03. The Balaban J connectivity index is 1.79. The van der Waals surface area contributed by atoms with Crippen molar-refractivity contribution in [1.29, 1.82) is 0 Å². The van der Waals surface area contributed by atoms with Gasteiger partial charge in [-0.2, -0.15) is 0 Å². The average molecular weight is 442 g/mol. The van der Waals surface area contributed by atoms with Crippen LogP contribution in [0.4, 0.5) is 4.39 Å². The summed E-state index contributed by atoms with van der Waals surface area (Å²) in [6, 6.07) is 11.3. The molecule has 5 nitrogen and oxygen atoms in total. The third kappa shape index (κ3) is 3.83. The molecular weight excluding hydrogens is 421 g/mol. The molecule has 7 heteroatoms. The number of furan rings is 1. The highest BCUT2D eigenvalue weighted by Crippen LogP contribution is 2.40. The van der Waals surface area contributed by atoms with Crippen molar-refractivity contribution in [3.05, 3.63) is 82.0 Å². The van der Waals surface area contributed by atoms with E-state index in [0.29, 0.717) is 29.0 Å². The lowest BCUT2D eigenvalue weighted by Crippen LogP contribution is -2.32. The van der Waals surface area contributed by atoms with E-state index in [-0.39, 0.29) is 16.9 Å². The van der Waals surface area contributed by atoms with Gasteiger partial charge in [0, 0.05) is 22.5 Å². The topological polar surface area (TPSA) is 70.8 Å². The summed E-state index contributed by atoms with van der Waals surface area (Å²) in [7, 11) is 0. The molecule has 1 atom stereocenters. The van der Waals surface area contributed by atoms with Crippen LogP contribution < -0.4 is 0 Å². The van der Waals surface area contributed by atoms with Crippen molar-refractivity contribution >= 4 is 34.3 Å². The second-order valence-corrected chi connectivity index (χ2v) is 7.95. The van der Waals surface area contributed by atoms with Gasteiger partial charge in [-0.15, -0.1) is 0 Å². The number of aliphatic hydroxyl groups is 1. The number of Topliss-reactive ketones (excluding diaryl/α,β-unsaturated/α-hetero) is 1. The number of fused-ring (bicyclic) bond motifs is 1. The van der Waals surface area contributed by atoms with Crippen LogP contribution in [-0.2, 0) is 4.79 Å². The van der Waals surface area contributed by atoms with Crippen molar-refractivity contribution in [2.24, 2.45) is 0 Å². The first-order valence-electron chi connectivity index (χ1n) is 10.1. The summed E-state index contributed by atoms with van der Waals surface area (Å²) in [6.07, 6.45) is 2.46. The predicted octanol–water partition coefficient (Wildman–Crippen LogP) is 5.99. The molecule has 31 heavy (non-hydrogen) atoms. The van der Waals surface area contributed by atoms with Crippen molar-refractivity contribution in [1.82, 2.24) is 4.90 Å². The summed E-state index contributed by atoms with van der Waals surface area (Å²) in [5, 5.41) is 11.7. The molecule has 1 aliphatic heterocycles. The molecule has 1 aromatic heterocycles. The summed E-state index contributed by atoms with van der Waals surface area (Å²) in [6.45, 7) is 2.32. The molecule has 0 fully saturated rings. The zero-order valence-corrected chi connectivity index (χ0v) is 17.7. The Hall–Kier alpha value is -3.12. The minimum absolute atomic E-state index is 0.0524. The molecule has 1 amide bonds. The molecule has 0 saturated heterocycles. The lowest BCUT2D eigenvalue weighted by atomic mass is 9.94. The largest absolute Gasteiger partial charge is 0.503 e. The molecule has 0 radical (unpaired) electrons. The number of aliphatic hydroxyl groups excluding tert-OH is 1. The van der Waals surface area contributed by atoms with Crippen LogP contribution in [0.15, 0.2) is 64.3 Å². The van der Waals surface area contributed by atoms with Crippen molar-refractivity contribution in [2.45, 2.75) is 32.2 Å². The van der Waals surface area contributed by atoms with Gasteiger partial charge in [-0.3, -0.25) is 9.59 Å². The molecule has 1 N–H and O–H groups in total. The van der Waals surface area contributed by atoms with Gasteiger partial charge in [0.05, 0.1) is 11.6 Å². The molecule has 0 aliphatic carbocycles. The van der Waals surface area contributed by atoms with Crippen LogP contribution in [0.25, 0.3) is 11.0 Å². The number of amides is 1. The van der Waals surface area contributed by atoms with Gasteiger partial charge in [-0.25, -0.2) is 4.39 Å². The van der Waals surface area contributed by atoms with E-state index in [0.717, 1.165) is 12.8 Å². The second kappa shape index (κ2) is 8.55. The summed E-state index contributed by atoms with van der Waals surface area (Å²) in [5.74, 6) is -2.63. The number of halogens is 2. The number of hydrogen-bond donors (Lipinski definition) is 1. The summed E-state index contributed by atoms with van der Waals surface area (Å²) in [5.41, 5.74) is 0.412. The van der Waals surface area contributed by atoms with Gasteiger partial charge in [0.1, 0.15) is 11.4 Å². The third-order valence-electron chi connectivity index (χ3n) is 5.45. The van der Waals surface area contributed by atoms with E-state index in [4.69, 9.17) is 16.0 Å². The molecule has 4 rings (SSSR count). The molecule has 2 heterocycles. The minimum Gasteiger partial charge on any atom is -0.503 e. The fourth-order valence-electron chi connectivity index (χ4n) is 3.93. The van der Waals surface area contributed by atoms with Gasteiger partial charge in [0.2, 0.25) is 5.78 Å². The van der Waals surface area contributed by atoms with Crippen molar-refractivity contribution in [3.8, 4) is 0 Å². The quantitative estimate of drug-likeness (QED) is 0.361. The van der Waals surface area contributed by atoms with Crippen LogP contribution >= 0.6 is 11.6 Å². The van der Waals surface area contributed by atoms with Gasteiger partial charge in [-0.05, 0) is 36.8 Å². The molecule has 1 unspecified atom stereocenters. The first-order valence-corrected chi connectivity index (χ1v) is 10.5. The lowest BCUT2D eigenvalue weighted by molar-refractivity contribution is -0.129. The Morgan fingerprint density at radius 1 is 1.19 bits per heavy atom. The van der Waals surface area contributed by atoms with Gasteiger partial charge in [0.15, 0.2) is 11.5 Å². The number of carbonyl (C=O) groups excluding carboxylic acids is 2. The Morgan fingerprint density at radius 2 is 1.97 bits per heavy atom. The van der Waals surface area contributed by atoms with E-state index in [1.165, 1.54) is 29.2 Å². The molecule has 2 aromatic carbocycles. The molecule has 0 saturated carbocycles. The van der Waals surface area contributed by atoms with E-state index in [2.05, 4.69) is 0 Å². The Morgan fingerprint density at radius 3 is 2.71 bits per heavy atom. The average Bonchev–Trinajstić information content (AvgIpc) is 3.28. The first kappa shape index (κ1) is 21.1. The molecule has 160 valence electrons. The highest BCUT2D eigenvalue weighted by atomic mass is 35.5. The van der Waals surface area contributed by atoms with E-state index in [9.17, 15) is 19.1 Å². The molecule has 1 aliphatic rings. The maximum Gasteiger partial charge on any atom is 0.290 e. The fraction of sp³-hybridized carbons (Fsp3) is 0.250. The van der Waals surface area contributed by atoms with E-state index >= 15 is 0 Å². The number of benzene rings is 2. The van der Waals surface area contributed by atoms with Gasteiger partial charge in [0.25, 0.3) is 5.91 Å². The number of ketones is 1. The second-order valence-electron chi connectivity index (χ2n) is 7.51. The van der Waals surface area contributed by atoms with Gasteiger partial charge < -0.3 is 14.4 Å². The molecule has 3 aromatic rings. The SMILES string of the molecule is CCCCCN1C(=O)C(O)=C(C(=O)c2cc3cc(Cl)ccc3o2)C1c1ccccc1F. The highest BCUT2D eigenvalue weighted by Gasteiger charge is 2.45. The smallest absolute Gasteiger partial charge is 0.290 e. The Labute approximate surface area is 183 Å². The maximum atomic E-state index is 14.7. The standard InChI is InChI=1S/C24H21ClFNO4/c1-2-3-6-11-27-21(16-7-4-5-8-17(16)26)20(23(29)24(27)30)22(28)19-13-14-12-15(25)9-10-18(14)31-19/h4-5,7-10,12-13,21,29H,2-3,6,11H2,1H3. The van der Waals surface area contributed by atoms with Crippen molar-refractivity contribution in [2.75, 3.05) is 6.54 Å². The van der Waals surface area contributed by atoms with Crippen LogP contribution in [0.2, 0.25) is 5.02 Å². The number of nitrogens with zero attached hydrogens (tertiary/aromatic N) is 1. The van der Waals surface area contributed by atoms with Crippen LogP contribution in [0.1, 0.15) is 48.3 Å². The van der Waals surface area contributed by atoms with Crippen LogP contribution in [0.5, 0.6) is 0 Å². The first-order chi connectivity index (χ1) is 14.9. The van der Waals surface area contributed by atoms with Gasteiger partial charge in [-0.1, -0.05) is 49.6 Å². The summed E-state index contributed by atoms with van der Waals surface area (Å²) >= 11 is 6.01. The Bertz CT molecular complexity index is 1200. The summed E-state index contributed by atoms with van der Waals surface area (Å²) in [4.78, 5) is 27.6. The number of hydrogen-bond acceptors (Lipinski definition) is 4. The lowest BCUT2D eigenvalue weighted by Gasteiger charge is -2.27.